The Morgan fingerprint density at radius 2 is 1.84 bits per heavy atom. The van der Waals surface area contributed by atoms with Crippen molar-refractivity contribution in [1.82, 2.24) is 4.90 Å². The van der Waals surface area contributed by atoms with Gasteiger partial charge in [-0.15, -0.1) is 0 Å². The number of amides is 1. The lowest BCUT2D eigenvalue weighted by molar-refractivity contribution is -0.137. The van der Waals surface area contributed by atoms with E-state index in [1.165, 1.54) is 11.1 Å². The van der Waals surface area contributed by atoms with Gasteiger partial charge in [0.15, 0.2) is 0 Å². The van der Waals surface area contributed by atoms with E-state index in [-0.39, 0.29) is 17.7 Å². The number of carbonyl (C=O) groups excluding carboxylic acids is 1. The fraction of sp³-hybridized carbons (Fsp3) is 0.619. The van der Waals surface area contributed by atoms with Gasteiger partial charge in [0.2, 0.25) is 5.91 Å². The molecule has 0 aliphatic carbocycles. The zero-order valence-electron chi connectivity index (χ0n) is 15.8. The summed E-state index contributed by atoms with van der Waals surface area (Å²) in [5.74, 6) is -0.220. The maximum atomic E-state index is 12.5. The Hall–Kier alpha value is -1.84. The second-order valence-electron chi connectivity index (χ2n) is 8.23. The minimum atomic E-state index is -0.748. The van der Waals surface area contributed by atoms with Gasteiger partial charge in [-0.25, -0.2) is 0 Å². The summed E-state index contributed by atoms with van der Waals surface area (Å²) in [6, 6.07) is 8.56. The van der Waals surface area contributed by atoms with Crippen LogP contribution in [0.4, 0.5) is 0 Å². The van der Waals surface area contributed by atoms with Crippen molar-refractivity contribution in [3.8, 4) is 0 Å². The van der Waals surface area contributed by atoms with E-state index < -0.39 is 5.97 Å². The average molecular weight is 345 g/mol. The molecule has 138 valence electrons. The van der Waals surface area contributed by atoms with Gasteiger partial charge in [0, 0.05) is 25.9 Å². The number of aryl methyl sites for hydroxylation is 1. The standard InChI is InChI=1S/C21H31NO3/c1-21(2,3)18-10-6-16(7-11-18)8-12-19(23)22-14-4-5-17(15-22)9-13-20(24)25/h6-7,10-11,17H,4-5,8-9,12-15H2,1-3H3,(H,24,25). The molecule has 1 atom stereocenters. The molecule has 1 aromatic rings. The first-order valence-electron chi connectivity index (χ1n) is 9.34. The molecule has 2 rings (SSSR count). The third-order valence-corrected chi connectivity index (χ3v) is 5.09. The fourth-order valence-electron chi connectivity index (χ4n) is 3.44. The number of likely N-dealkylation sites (tertiary alicyclic amines) is 1. The molecule has 1 unspecified atom stereocenters. The maximum absolute atomic E-state index is 12.5. The lowest BCUT2D eigenvalue weighted by atomic mass is 9.86. The van der Waals surface area contributed by atoms with Crippen molar-refractivity contribution in [3.63, 3.8) is 0 Å². The van der Waals surface area contributed by atoms with Crippen LogP contribution in [0.1, 0.15) is 64.0 Å². The van der Waals surface area contributed by atoms with Crippen LogP contribution in [0.25, 0.3) is 0 Å². The van der Waals surface area contributed by atoms with Crippen LogP contribution < -0.4 is 0 Å². The summed E-state index contributed by atoms with van der Waals surface area (Å²) in [6.45, 7) is 8.12. The zero-order chi connectivity index (χ0) is 18.4. The molecule has 1 aromatic carbocycles. The lowest BCUT2D eigenvalue weighted by Crippen LogP contribution is -2.40. The summed E-state index contributed by atoms with van der Waals surface area (Å²) < 4.78 is 0. The van der Waals surface area contributed by atoms with Crippen molar-refractivity contribution in [2.24, 2.45) is 5.92 Å². The van der Waals surface area contributed by atoms with Crippen LogP contribution in [0, 0.1) is 5.92 Å². The average Bonchev–Trinajstić information content (AvgIpc) is 2.57. The number of piperidine rings is 1. The van der Waals surface area contributed by atoms with E-state index in [4.69, 9.17) is 5.11 Å². The highest BCUT2D eigenvalue weighted by Gasteiger charge is 2.23. The molecule has 1 aliphatic heterocycles. The molecule has 1 N–H and O–H groups in total. The number of rotatable bonds is 6. The van der Waals surface area contributed by atoms with E-state index in [2.05, 4.69) is 45.0 Å². The molecule has 1 saturated heterocycles. The highest BCUT2D eigenvalue weighted by Crippen LogP contribution is 2.24. The Kier molecular flexibility index (Phi) is 6.63. The van der Waals surface area contributed by atoms with E-state index in [0.717, 1.165) is 32.4 Å². The van der Waals surface area contributed by atoms with E-state index >= 15 is 0 Å². The molecular weight excluding hydrogens is 314 g/mol. The molecule has 0 radical (unpaired) electrons. The second kappa shape index (κ2) is 8.50. The first kappa shape index (κ1) is 19.5. The molecule has 1 aliphatic rings. The molecule has 4 nitrogen and oxygen atoms in total. The molecule has 25 heavy (non-hydrogen) atoms. The van der Waals surface area contributed by atoms with Crippen LogP contribution in [0.3, 0.4) is 0 Å². The Balaban J connectivity index is 1.82. The number of hydrogen-bond donors (Lipinski definition) is 1. The quantitative estimate of drug-likeness (QED) is 0.847. The SMILES string of the molecule is CC(C)(C)c1ccc(CCC(=O)N2CCCC(CCC(=O)O)C2)cc1. The zero-order valence-corrected chi connectivity index (χ0v) is 15.8. The van der Waals surface area contributed by atoms with Crippen molar-refractivity contribution in [2.45, 2.75) is 64.7 Å². The van der Waals surface area contributed by atoms with Gasteiger partial charge in [0.25, 0.3) is 0 Å². The smallest absolute Gasteiger partial charge is 0.303 e. The first-order chi connectivity index (χ1) is 11.8. The highest BCUT2D eigenvalue weighted by atomic mass is 16.4. The van der Waals surface area contributed by atoms with E-state index in [0.29, 0.717) is 18.8 Å². The van der Waals surface area contributed by atoms with Gasteiger partial charge in [0.05, 0.1) is 0 Å². The maximum Gasteiger partial charge on any atom is 0.303 e. The molecule has 0 aromatic heterocycles. The highest BCUT2D eigenvalue weighted by molar-refractivity contribution is 5.76. The van der Waals surface area contributed by atoms with Crippen molar-refractivity contribution in [2.75, 3.05) is 13.1 Å². The number of carbonyl (C=O) groups is 2. The molecule has 0 bridgehead atoms. The molecule has 0 saturated carbocycles. The number of aliphatic carboxylic acids is 1. The van der Waals surface area contributed by atoms with Gasteiger partial charge in [-0.2, -0.15) is 0 Å². The van der Waals surface area contributed by atoms with Gasteiger partial charge >= 0.3 is 5.97 Å². The molecule has 0 spiro atoms. The predicted octanol–water partition coefficient (Wildman–Crippen LogP) is 4.02. The monoisotopic (exact) mass is 345 g/mol. The predicted molar refractivity (Wildman–Crippen MR) is 99.6 cm³/mol. The third kappa shape index (κ3) is 6.18. The number of nitrogens with zero attached hydrogens (tertiary/aromatic N) is 1. The Morgan fingerprint density at radius 3 is 2.44 bits per heavy atom. The molecule has 1 amide bonds. The molecule has 4 heteroatoms. The number of carboxylic acids is 1. The Morgan fingerprint density at radius 1 is 1.16 bits per heavy atom. The lowest BCUT2D eigenvalue weighted by Gasteiger charge is -2.32. The summed E-state index contributed by atoms with van der Waals surface area (Å²) >= 11 is 0. The van der Waals surface area contributed by atoms with Gasteiger partial charge in [-0.3, -0.25) is 9.59 Å². The van der Waals surface area contributed by atoms with Gasteiger partial charge < -0.3 is 10.0 Å². The van der Waals surface area contributed by atoms with Crippen molar-refractivity contribution in [1.29, 1.82) is 0 Å². The third-order valence-electron chi connectivity index (χ3n) is 5.09. The largest absolute Gasteiger partial charge is 0.481 e. The normalized spacial score (nSPS) is 18.2. The van der Waals surface area contributed by atoms with Gasteiger partial charge in [-0.1, -0.05) is 45.0 Å². The number of carboxylic acid groups (broad SMARTS) is 1. The summed E-state index contributed by atoms with van der Waals surface area (Å²) in [4.78, 5) is 25.1. The molecule has 1 heterocycles. The van der Waals surface area contributed by atoms with Gasteiger partial charge in [0.1, 0.15) is 0 Å². The second-order valence-corrected chi connectivity index (χ2v) is 8.23. The summed E-state index contributed by atoms with van der Waals surface area (Å²) in [5, 5.41) is 8.82. The van der Waals surface area contributed by atoms with Crippen LogP contribution in [-0.4, -0.2) is 35.0 Å². The topological polar surface area (TPSA) is 57.6 Å². The fourth-order valence-corrected chi connectivity index (χ4v) is 3.44. The minimum absolute atomic E-state index is 0.146. The number of benzene rings is 1. The van der Waals surface area contributed by atoms with Crippen molar-refractivity contribution >= 4 is 11.9 Å². The number of hydrogen-bond acceptors (Lipinski definition) is 2. The van der Waals surface area contributed by atoms with Crippen LogP contribution >= 0.6 is 0 Å². The van der Waals surface area contributed by atoms with Crippen LogP contribution in [0.5, 0.6) is 0 Å². The van der Waals surface area contributed by atoms with E-state index in [1.54, 1.807) is 0 Å². The Labute approximate surface area is 151 Å². The minimum Gasteiger partial charge on any atom is -0.481 e. The van der Waals surface area contributed by atoms with Gasteiger partial charge in [-0.05, 0) is 48.1 Å². The van der Waals surface area contributed by atoms with Crippen LogP contribution in [0.15, 0.2) is 24.3 Å². The van der Waals surface area contributed by atoms with Crippen LogP contribution in [0.2, 0.25) is 0 Å². The Bertz CT molecular complexity index is 586. The van der Waals surface area contributed by atoms with Crippen molar-refractivity contribution in [3.05, 3.63) is 35.4 Å². The van der Waals surface area contributed by atoms with E-state index in [1.807, 2.05) is 4.90 Å². The summed E-state index contributed by atoms with van der Waals surface area (Å²) in [7, 11) is 0. The van der Waals surface area contributed by atoms with Crippen molar-refractivity contribution < 1.29 is 14.7 Å². The summed E-state index contributed by atoms with van der Waals surface area (Å²) in [5.41, 5.74) is 2.65. The summed E-state index contributed by atoms with van der Waals surface area (Å²) in [6.07, 6.45) is 4.18. The molecular formula is C21H31NO3. The first-order valence-corrected chi connectivity index (χ1v) is 9.34. The van der Waals surface area contributed by atoms with E-state index in [9.17, 15) is 9.59 Å². The molecule has 1 fully saturated rings. The van der Waals surface area contributed by atoms with Crippen LogP contribution in [-0.2, 0) is 21.4 Å².